The van der Waals surface area contributed by atoms with Gasteiger partial charge in [0.2, 0.25) is 0 Å². The fourth-order valence-corrected chi connectivity index (χ4v) is 3.47. The standard InChI is InChI=1S/C22H21N5O4/c1-12(2)26-21-19(11-23-26)18(10-20(25-21)17-9-13(3)31-14(17)4)22(28)24-15-5-7-16(8-6-15)27(29)30/h5-12H,1-4H3,(H,24,28). The van der Waals surface area contributed by atoms with Gasteiger partial charge in [-0.1, -0.05) is 0 Å². The van der Waals surface area contributed by atoms with E-state index in [4.69, 9.17) is 9.40 Å². The maximum Gasteiger partial charge on any atom is 0.269 e. The zero-order valence-corrected chi connectivity index (χ0v) is 17.5. The lowest BCUT2D eigenvalue weighted by molar-refractivity contribution is -0.384. The normalized spacial score (nSPS) is 11.3. The Morgan fingerprint density at radius 1 is 1.19 bits per heavy atom. The number of carbonyl (C=O) groups excluding carboxylic acids is 1. The fourth-order valence-electron chi connectivity index (χ4n) is 3.47. The highest BCUT2D eigenvalue weighted by Gasteiger charge is 2.20. The Labute approximate surface area is 177 Å². The molecule has 9 heteroatoms. The van der Waals surface area contributed by atoms with Crippen molar-refractivity contribution < 1.29 is 14.1 Å². The van der Waals surface area contributed by atoms with Crippen LogP contribution in [-0.4, -0.2) is 25.6 Å². The Morgan fingerprint density at radius 3 is 2.48 bits per heavy atom. The van der Waals surface area contributed by atoms with Crippen molar-refractivity contribution in [2.75, 3.05) is 5.32 Å². The molecule has 1 amide bonds. The van der Waals surface area contributed by atoms with E-state index >= 15 is 0 Å². The van der Waals surface area contributed by atoms with Gasteiger partial charge in [0.1, 0.15) is 11.5 Å². The van der Waals surface area contributed by atoms with Crippen LogP contribution >= 0.6 is 0 Å². The van der Waals surface area contributed by atoms with Crippen LogP contribution in [-0.2, 0) is 0 Å². The minimum Gasteiger partial charge on any atom is -0.466 e. The third kappa shape index (κ3) is 3.77. The summed E-state index contributed by atoms with van der Waals surface area (Å²) in [6, 6.07) is 9.34. The van der Waals surface area contributed by atoms with E-state index in [0.29, 0.717) is 33.7 Å². The molecule has 3 heterocycles. The lowest BCUT2D eigenvalue weighted by Crippen LogP contribution is -2.13. The molecule has 158 valence electrons. The summed E-state index contributed by atoms with van der Waals surface area (Å²) in [6.45, 7) is 7.69. The molecule has 0 saturated heterocycles. The Balaban J connectivity index is 1.81. The summed E-state index contributed by atoms with van der Waals surface area (Å²) in [7, 11) is 0. The number of furan rings is 1. The molecule has 9 nitrogen and oxygen atoms in total. The highest BCUT2D eigenvalue weighted by Crippen LogP contribution is 2.30. The number of benzene rings is 1. The van der Waals surface area contributed by atoms with Gasteiger partial charge in [-0.05, 0) is 52.0 Å². The van der Waals surface area contributed by atoms with Gasteiger partial charge in [-0.15, -0.1) is 0 Å². The minimum absolute atomic E-state index is 0.0457. The van der Waals surface area contributed by atoms with Crippen molar-refractivity contribution in [3.63, 3.8) is 0 Å². The van der Waals surface area contributed by atoms with E-state index in [1.807, 2.05) is 33.8 Å². The van der Waals surface area contributed by atoms with E-state index in [0.717, 1.165) is 11.3 Å². The van der Waals surface area contributed by atoms with E-state index in [2.05, 4.69) is 10.4 Å². The number of amides is 1. The van der Waals surface area contributed by atoms with Crippen LogP contribution in [0.25, 0.3) is 22.3 Å². The van der Waals surface area contributed by atoms with Crippen LogP contribution in [0, 0.1) is 24.0 Å². The first-order valence-corrected chi connectivity index (χ1v) is 9.76. The maximum atomic E-state index is 13.2. The maximum absolute atomic E-state index is 13.2. The number of nitro groups is 1. The van der Waals surface area contributed by atoms with Gasteiger partial charge in [0.15, 0.2) is 5.65 Å². The van der Waals surface area contributed by atoms with Crippen molar-refractivity contribution in [3.05, 3.63) is 69.8 Å². The molecule has 0 saturated carbocycles. The van der Waals surface area contributed by atoms with Gasteiger partial charge in [0.25, 0.3) is 11.6 Å². The molecule has 4 aromatic rings. The Morgan fingerprint density at radius 2 is 1.90 bits per heavy atom. The largest absolute Gasteiger partial charge is 0.466 e. The zero-order chi connectivity index (χ0) is 22.3. The molecule has 1 N–H and O–H groups in total. The minimum atomic E-state index is -0.486. The van der Waals surface area contributed by atoms with E-state index in [1.165, 1.54) is 24.3 Å². The zero-order valence-electron chi connectivity index (χ0n) is 17.5. The SMILES string of the molecule is Cc1cc(-c2cc(C(=O)Nc3ccc([N+](=O)[O-])cc3)c3cnn(C(C)C)c3n2)c(C)o1. The number of pyridine rings is 1. The number of non-ortho nitro benzene ring substituents is 1. The first-order valence-electron chi connectivity index (χ1n) is 9.76. The molecular weight excluding hydrogens is 398 g/mol. The fraction of sp³-hybridized carbons (Fsp3) is 0.227. The van der Waals surface area contributed by atoms with Gasteiger partial charge in [0, 0.05) is 29.4 Å². The molecule has 0 fully saturated rings. The van der Waals surface area contributed by atoms with Crippen LogP contribution in [0.15, 0.2) is 47.0 Å². The lowest BCUT2D eigenvalue weighted by Gasteiger charge is -2.11. The van der Waals surface area contributed by atoms with E-state index in [9.17, 15) is 14.9 Å². The first kappa shape index (κ1) is 20.3. The number of hydrogen-bond donors (Lipinski definition) is 1. The van der Waals surface area contributed by atoms with Crippen LogP contribution in [0.4, 0.5) is 11.4 Å². The van der Waals surface area contributed by atoms with Crippen LogP contribution in [0.1, 0.15) is 41.8 Å². The number of nitro benzene ring substituents is 1. The summed E-state index contributed by atoms with van der Waals surface area (Å²) in [4.78, 5) is 28.3. The van der Waals surface area contributed by atoms with Gasteiger partial charge >= 0.3 is 0 Å². The third-order valence-corrected chi connectivity index (χ3v) is 4.95. The molecule has 0 aliphatic rings. The van der Waals surface area contributed by atoms with E-state index in [1.54, 1.807) is 16.9 Å². The molecule has 0 aliphatic heterocycles. The molecule has 0 atom stereocenters. The van der Waals surface area contributed by atoms with Gasteiger partial charge in [-0.3, -0.25) is 14.9 Å². The monoisotopic (exact) mass is 419 g/mol. The quantitative estimate of drug-likeness (QED) is 0.357. The second kappa shape index (κ2) is 7.67. The topological polar surface area (TPSA) is 116 Å². The second-order valence-electron chi connectivity index (χ2n) is 7.56. The summed E-state index contributed by atoms with van der Waals surface area (Å²) < 4.78 is 7.42. The number of rotatable bonds is 5. The molecule has 1 aromatic carbocycles. The van der Waals surface area contributed by atoms with E-state index < -0.39 is 4.92 Å². The summed E-state index contributed by atoms with van der Waals surface area (Å²) >= 11 is 0. The molecule has 0 unspecified atom stereocenters. The summed E-state index contributed by atoms with van der Waals surface area (Å²) in [5.41, 5.74) is 2.82. The molecule has 0 bridgehead atoms. The van der Waals surface area contributed by atoms with Gasteiger partial charge in [-0.25, -0.2) is 9.67 Å². The molecular formula is C22H21N5O4. The number of hydrogen-bond acceptors (Lipinski definition) is 6. The van der Waals surface area contributed by atoms with Crippen molar-refractivity contribution in [3.8, 4) is 11.3 Å². The smallest absolute Gasteiger partial charge is 0.269 e. The van der Waals surface area contributed by atoms with Crippen molar-refractivity contribution in [1.29, 1.82) is 0 Å². The van der Waals surface area contributed by atoms with Crippen LogP contribution in [0.2, 0.25) is 0 Å². The number of nitrogens with one attached hydrogen (secondary N) is 1. The van der Waals surface area contributed by atoms with Crippen molar-refractivity contribution in [1.82, 2.24) is 14.8 Å². The van der Waals surface area contributed by atoms with E-state index in [-0.39, 0.29) is 17.6 Å². The summed E-state index contributed by atoms with van der Waals surface area (Å²) in [6.07, 6.45) is 1.63. The van der Waals surface area contributed by atoms with Gasteiger partial charge in [0.05, 0.1) is 27.8 Å². The van der Waals surface area contributed by atoms with Crippen molar-refractivity contribution in [2.45, 2.75) is 33.7 Å². The highest BCUT2D eigenvalue weighted by atomic mass is 16.6. The Kier molecular flexibility index (Phi) is 5.02. The summed E-state index contributed by atoms with van der Waals surface area (Å²) in [5.74, 6) is 1.11. The second-order valence-corrected chi connectivity index (χ2v) is 7.56. The van der Waals surface area contributed by atoms with Crippen LogP contribution < -0.4 is 5.32 Å². The average molecular weight is 419 g/mol. The third-order valence-electron chi connectivity index (χ3n) is 4.95. The molecule has 0 aliphatic carbocycles. The Bertz CT molecular complexity index is 1300. The van der Waals surface area contributed by atoms with Crippen LogP contribution in [0.3, 0.4) is 0 Å². The van der Waals surface area contributed by atoms with Crippen molar-refractivity contribution >= 4 is 28.3 Å². The number of fused-ring (bicyclic) bond motifs is 1. The average Bonchev–Trinajstić information content (AvgIpc) is 3.30. The molecule has 3 aromatic heterocycles. The number of aryl methyl sites for hydroxylation is 2. The lowest BCUT2D eigenvalue weighted by atomic mass is 10.1. The highest BCUT2D eigenvalue weighted by molar-refractivity contribution is 6.12. The van der Waals surface area contributed by atoms with Gasteiger partial charge < -0.3 is 9.73 Å². The van der Waals surface area contributed by atoms with Crippen molar-refractivity contribution in [2.24, 2.45) is 0 Å². The predicted octanol–water partition coefficient (Wildman–Crippen LogP) is 5.05. The Hall–Kier alpha value is -4.01. The number of carbonyl (C=O) groups is 1. The molecule has 31 heavy (non-hydrogen) atoms. The summed E-state index contributed by atoms with van der Waals surface area (Å²) in [5, 5.41) is 18.7. The molecule has 4 rings (SSSR count). The number of aromatic nitrogens is 3. The number of anilines is 1. The first-order chi connectivity index (χ1) is 14.7. The van der Waals surface area contributed by atoms with Crippen LogP contribution in [0.5, 0.6) is 0 Å². The molecule has 0 spiro atoms. The molecule has 0 radical (unpaired) electrons. The predicted molar refractivity (Wildman–Crippen MR) is 116 cm³/mol. The van der Waals surface area contributed by atoms with Gasteiger partial charge in [-0.2, -0.15) is 5.10 Å². The number of nitrogens with zero attached hydrogens (tertiary/aromatic N) is 4.